The molecule has 1 saturated heterocycles. The smallest absolute Gasteiger partial charge is 0.233 e. The molecule has 1 aromatic carbocycles. The van der Waals surface area contributed by atoms with E-state index in [-0.39, 0.29) is 5.91 Å². The summed E-state index contributed by atoms with van der Waals surface area (Å²) in [4.78, 5) is 14.7. The van der Waals surface area contributed by atoms with Crippen LogP contribution in [0.4, 0.5) is 0 Å². The van der Waals surface area contributed by atoms with Crippen LogP contribution in [-0.4, -0.2) is 43.4 Å². The molecule has 0 bridgehead atoms. The maximum Gasteiger partial charge on any atom is 0.233 e. The Hall–Kier alpha value is -2.02. The minimum absolute atomic E-state index is 0.181. The largest absolute Gasteiger partial charge is 0.485 e. The topological polar surface area (TPSA) is 60.3 Å². The number of rotatable bonds is 6. The second-order valence-electron chi connectivity index (χ2n) is 7.23. The maximum atomic E-state index is 12.7. The third-order valence-corrected chi connectivity index (χ3v) is 6.19. The molecule has 1 fully saturated rings. The van der Waals surface area contributed by atoms with E-state index >= 15 is 0 Å². The summed E-state index contributed by atoms with van der Waals surface area (Å²) in [7, 11) is 1.91. The van der Waals surface area contributed by atoms with Crippen molar-refractivity contribution in [2.75, 3.05) is 5.75 Å². The Morgan fingerprint density at radius 2 is 1.93 bits per heavy atom. The summed E-state index contributed by atoms with van der Waals surface area (Å²) in [5.74, 6) is 2.16. The monoisotopic (exact) mass is 388 g/mol. The lowest BCUT2D eigenvalue weighted by Gasteiger charge is -2.39. The fraction of sp³-hybridized carbons (Fsp3) is 0.550. The van der Waals surface area contributed by atoms with Crippen LogP contribution in [0.1, 0.15) is 44.5 Å². The van der Waals surface area contributed by atoms with Gasteiger partial charge in [0.05, 0.1) is 5.75 Å². The van der Waals surface area contributed by atoms with Gasteiger partial charge in [-0.15, -0.1) is 10.2 Å². The second kappa shape index (κ2) is 8.78. The van der Waals surface area contributed by atoms with Crippen LogP contribution in [0.15, 0.2) is 29.4 Å². The summed E-state index contributed by atoms with van der Waals surface area (Å²) in [6.45, 7) is 6.65. The number of ether oxygens (including phenoxy) is 1. The molecule has 0 N–H and O–H groups in total. The van der Waals surface area contributed by atoms with E-state index in [0.717, 1.165) is 35.1 Å². The van der Waals surface area contributed by atoms with Crippen LogP contribution in [0.3, 0.4) is 0 Å². The van der Waals surface area contributed by atoms with Gasteiger partial charge in [0.2, 0.25) is 5.91 Å². The molecular formula is C20H28N4O2S. The average molecular weight is 389 g/mol. The second-order valence-corrected chi connectivity index (χ2v) is 8.17. The van der Waals surface area contributed by atoms with E-state index in [4.69, 9.17) is 4.74 Å². The van der Waals surface area contributed by atoms with E-state index in [1.54, 1.807) is 0 Å². The van der Waals surface area contributed by atoms with Crippen molar-refractivity contribution in [3.63, 3.8) is 0 Å². The molecule has 2 unspecified atom stereocenters. The summed E-state index contributed by atoms with van der Waals surface area (Å²) < 4.78 is 7.76. The predicted molar refractivity (Wildman–Crippen MR) is 107 cm³/mol. The van der Waals surface area contributed by atoms with Gasteiger partial charge in [0, 0.05) is 19.1 Å². The van der Waals surface area contributed by atoms with Gasteiger partial charge in [-0.2, -0.15) is 0 Å². The molecule has 0 radical (unpaired) electrons. The van der Waals surface area contributed by atoms with Gasteiger partial charge in [0.25, 0.3) is 0 Å². The molecule has 0 saturated carbocycles. The molecule has 3 rings (SSSR count). The van der Waals surface area contributed by atoms with E-state index in [2.05, 4.69) is 24.0 Å². The lowest BCUT2D eigenvalue weighted by molar-refractivity contribution is -0.134. The molecule has 2 heterocycles. The molecular weight excluding hydrogens is 360 g/mol. The third kappa shape index (κ3) is 4.64. The third-order valence-electron chi connectivity index (χ3n) is 5.18. The van der Waals surface area contributed by atoms with Crippen LogP contribution in [-0.2, 0) is 18.4 Å². The number of nitrogens with zero attached hydrogens (tertiary/aromatic N) is 4. The zero-order valence-corrected chi connectivity index (χ0v) is 17.3. The molecule has 7 heteroatoms. The van der Waals surface area contributed by atoms with Crippen LogP contribution in [0.5, 0.6) is 5.75 Å². The normalized spacial score (nSPS) is 19.9. The first-order valence-corrected chi connectivity index (χ1v) is 10.5. The van der Waals surface area contributed by atoms with Crippen molar-refractivity contribution < 1.29 is 9.53 Å². The van der Waals surface area contributed by atoms with Gasteiger partial charge in [-0.25, -0.2) is 0 Å². The minimum atomic E-state index is 0.181. The fourth-order valence-corrected chi connectivity index (χ4v) is 4.37. The Kier molecular flexibility index (Phi) is 6.42. The van der Waals surface area contributed by atoms with Crippen molar-refractivity contribution in [1.29, 1.82) is 0 Å². The van der Waals surface area contributed by atoms with Gasteiger partial charge in [0.1, 0.15) is 12.4 Å². The molecule has 2 atom stereocenters. The van der Waals surface area contributed by atoms with E-state index in [9.17, 15) is 4.79 Å². The Balaban J connectivity index is 1.57. The number of thioether (sulfide) groups is 1. The molecule has 1 aliphatic rings. The predicted octanol–water partition coefficient (Wildman–Crippen LogP) is 3.58. The first-order valence-electron chi connectivity index (χ1n) is 9.48. The van der Waals surface area contributed by atoms with Crippen molar-refractivity contribution in [3.8, 4) is 5.75 Å². The SMILES string of the molecule is Cc1ccccc1OCc1nnc(SCC(=O)N2C(C)CCCC2C)n1C. The Morgan fingerprint density at radius 1 is 1.22 bits per heavy atom. The fourth-order valence-electron chi connectivity index (χ4n) is 3.57. The Bertz CT molecular complexity index is 782. The standard InChI is InChI=1S/C20H28N4O2S/c1-14-8-5-6-11-17(14)26-12-18-21-22-20(23(18)4)27-13-19(25)24-15(2)9-7-10-16(24)3/h5-6,8,11,15-16H,7,9-10,12-13H2,1-4H3. The number of para-hydroxylation sites is 1. The number of carbonyl (C=O) groups excluding carboxylic acids is 1. The quantitative estimate of drug-likeness (QED) is 0.708. The van der Waals surface area contributed by atoms with Crippen LogP contribution in [0.2, 0.25) is 0 Å². The lowest BCUT2D eigenvalue weighted by atomic mass is 9.98. The first-order chi connectivity index (χ1) is 13.0. The van der Waals surface area contributed by atoms with Crippen molar-refractivity contribution in [3.05, 3.63) is 35.7 Å². The van der Waals surface area contributed by atoms with Gasteiger partial charge in [-0.3, -0.25) is 4.79 Å². The molecule has 6 nitrogen and oxygen atoms in total. The molecule has 0 spiro atoms. The number of hydrogen-bond acceptors (Lipinski definition) is 5. The lowest BCUT2D eigenvalue weighted by Crippen LogP contribution is -2.48. The van der Waals surface area contributed by atoms with E-state index in [1.165, 1.54) is 18.2 Å². The first kappa shape index (κ1) is 19.7. The van der Waals surface area contributed by atoms with Crippen molar-refractivity contribution in [2.45, 2.75) is 63.9 Å². The highest BCUT2D eigenvalue weighted by Gasteiger charge is 2.29. The van der Waals surface area contributed by atoms with Gasteiger partial charge in [0.15, 0.2) is 11.0 Å². The Morgan fingerprint density at radius 3 is 2.63 bits per heavy atom. The highest BCUT2D eigenvalue weighted by atomic mass is 32.2. The van der Waals surface area contributed by atoms with Crippen LogP contribution < -0.4 is 4.74 Å². The van der Waals surface area contributed by atoms with E-state index in [1.807, 2.05) is 47.7 Å². The average Bonchev–Trinajstić information content (AvgIpc) is 2.99. The number of piperidine rings is 1. The summed E-state index contributed by atoms with van der Waals surface area (Å²) in [5.41, 5.74) is 1.09. The molecule has 0 aliphatic carbocycles. The highest BCUT2D eigenvalue weighted by Crippen LogP contribution is 2.25. The van der Waals surface area contributed by atoms with E-state index in [0.29, 0.717) is 24.4 Å². The zero-order valence-electron chi connectivity index (χ0n) is 16.5. The number of aryl methyl sites for hydroxylation is 1. The number of hydrogen-bond donors (Lipinski definition) is 0. The van der Waals surface area contributed by atoms with Gasteiger partial charge in [-0.1, -0.05) is 30.0 Å². The summed E-state index contributed by atoms with van der Waals surface area (Å²) in [6, 6.07) is 8.54. The number of carbonyl (C=O) groups is 1. The number of benzene rings is 1. The molecule has 1 amide bonds. The van der Waals surface area contributed by atoms with Crippen molar-refractivity contribution in [1.82, 2.24) is 19.7 Å². The van der Waals surface area contributed by atoms with Gasteiger partial charge >= 0.3 is 0 Å². The number of aromatic nitrogens is 3. The molecule has 1 aliphatic heterocycles. The Labute approximate surface area is 165 Å². The maximum absolute atomic E-state index is 12.7. The van der Waals surface area contributed by atoms with Crippen LogP contribution in [0, 0.1) is 6.92 Å². The summed E-state index contributed by atoms with van der Waals surface area (Å²) in [6.07, 6.45) is 3.38. The van der Waals surface area contributed by atoms with E-state index < -0.39 is 0 Å². The summed E-state index contributed by atoms with van der Waals surface area (Å²) >= 11 is 1.44. The summed E-state index contributed by atoms with van der Waals surface area (Å²) in [5, 5.41) is 9.19. The molecule has 1 aromatic heterocycles. The molecule has 2 aromatic rings. The number of amides is 1. The van der Waals surface area contributed by atoms with Crippen LogP contribution in [0.25, 0.3) is 0 Å². The molecule has 27 heavy (non-hydrogen) atoms. The van der Waals surface area contributed by atoms with Crippen molar-refractivity contribution >= 4 is 17.7 Å². The van der Waals surface area contributed by atoms with Gasteiger partial charge < -0.3 is 14.2 Å². The zero-order chi connectivity index (χ0) is 19.4. The van der Waals surface area contributed by atoms with Crippen LogP contribution >= 0.6 is 11.8 Å². The van der Waals surface area contributed by atoms with Gasteiger partial charge in [-0.05, 0) is 51.7 Å². The highest BCUT2D eigenvalue weighted by molar-refractivity contribution is 7.99. The number of likely N-dealkylation sites (tertiary alicyclic amines) is 1. The minimum Gasteiger partial charge on any atom is -0.485 e. The molecule has 146 valence electrons. The van der Waals surface area contributed by atoms with Crippen molar-refractivity contribution in [2.24, 2.45) is 7.05 Å².